The van der Waals surface area contributed by atoms with Crippen LogP contribution in [0.4, 0.5) is 0 Å². The van der Waals surface area contributed by atoms with Gasteiger partial charge in [-0.05, 0) is 6.42 Å². The first kappa shape index (κ1) is 26.9. The number of nitrogens with one attached hydrogen (secondary N) is 1. The van der Waals surface area contributed by atoms with E-state index in [4.69, 9.17) is 4.74 Å². The van der Waals surface area contributed by atoms with Crippen LogP contribution in [0.15, 0.2) is 0 Å². The summed E-state index contributed by atoms with van der Waals surface area (Å²) in [5.74, 6) is -0.351. The summed E-state index contributed by atoms with van der Waals surface area (Å²) in [5.41, 5.74) is 0. The molecule has 0 aromatic rings. The van der Waals surface area contributed by atoms with Gasteiger partial charge < -0.3 is 10.1 Å². The second-order valence-electron chi connectivity index (χ2n) is 8.29. The van der Waals surface area contributed by atoms with E-state index in [0.717, 1.165) is 12.8 Å². The Kier molecular flexibility index (Phi) is 19.9. The van der Waals surface area contributed by atoms with E-state index in [1.165, 1.54) is 110 Å². The van der Waals surface area contributed by atoms with E-state index in [2.05, 4.69) is 12.2 Å². The van der Waals surface area contributed by atoms with Gasteiger partial charge in [0.2, 0.25) is 5.91 Å². The van der Waals surface area contributed by atoms with Gasteiger partial charge >= 0.3 is 5.97 Å². The molecule has 1 N–H and O–H groups in total. The fourth-order valence-corrected chi connectivity index (χ4v) is 3.64. The van der Waals surface area contributed by atoms with E-state index in [9.17, 15) is 9.59 Å². The lowest BCUT2D eigenvalue weighted by Crippen LogP contribution is -2.37. The van der Waals surface area contributed by atoms with Gasteiger partial charge in [0.15, 0.2) is 0 Å². The van der Waals surface area contributed by atoms with Crippen molar-refractivity contribution in [2.24, 2.45) is 0 Å². The molecular weight excluding hydrogens is 350 g/mol. The second kappa shape index (κ2) is 20.7. The van der Waals surface area contributed by atoms with Gasteiger partial charge in [0, 0.05) is 13.8 Å². The monoisotopic (exact) mass is 397 g/mol. The summed E-state index contributed by atoms with van der Waals surface area (Å²) in [5, 5.41) is 2.87. The Labute approximate surface area is 174 Å². The van der Waals surface area contributed by atoms with Crippen molar-refractivity contribution < 1.29 is 14.3 Å². The maximum atomic E-state index is 11.2. The maximum absolute atomic E-state index is 11.2. The SMILES string of the molecule is CCCCCCCCCCCCCCCCCC[C@@H](COC(C)=O)NC(C)=O. The van der Waals surface area contributed by atoms with Crippen LogP contribution in [0.1, 0.15) is 130 Å². The summed E-state index contributed by atoms with van der Waals surface area (Å²) < 4.78 is 5.03. The highest BCUT2D eigenvalue weighted by Gasteiger charge is 2.11. The Bertz CT molecular complexity index is 371. The van der Waals surface area contributed by atoms with E-state index in [-0.39, 0.29) is 24.5 Å². The Hall–Kier alpha value is -1.06. The van der Waals surface area contributed by atoms with E-state index >= 15 is 0 Å². The smallest absolute Gasteiger partial charge is 0.302 e. The van der Waals surface area contributed by atoms with Crippen LogP contribution < -0.4 is 5.32 Å². The summed E-state index contributed by atoms with van der Waals surface area (Å²) in [6, 6.07) is -0.0481. The topological polar surface area (TPSA) is 55.4 Å². The molecule has 1 atom stereocenters. The lowest BCUT2D eigenvalue weighted by Gasteiger charge is -2.17. The molecular formula is C24H47NO3. The molecule has 0 radical (unpaired) electrons. The standard InChI is InChI=1S/C24H47NO3/c1-4-5-6-7-8-9-10-11-12-13-14-15-16-17-18-19-20-24(25-22(2)26)21-28-23(3)27/h24H,4-21H2,1-3H3,(H,25,26)/t24-/m0/s1. The highest BCUT2D eigenvalue weighted by Crippen LogP contribution is 2.14. The lowest BCUT2D eigenvalue weighted by molar-refractivity contribution is -0.142. The Morgan fingerprint density at radius 2 is 1.07 bits per heavy atom. The van der Waals surface area contributed by atoms with Crippen LogP contribution in [0.2, 0.25) is 0 Å². The number of carbonyl (C=O) groups is 2. The van der Waals surface area contributed by atoms with Crippen LogP contribution in [-0.2, 0) is 14.3 Å². The van der Waals surface area contributed by atoms with Crippen LogP contribution in [0.5, 0.6) is 0 Å². The molecule has 0 spiro atoms. The summed E-state index contributed by atoms with van der Waals surface area (Å²) in [4.78, 5) is 22.1. The number of rotatable bonds is 20. The third-order valence-electron chi connectivity index (χ3n) is 5.30. The normalized spacial score (nSPS) is 12.0. The zero-order chi connectivity index (χ0) is 20.9. The van der Waals surface area contributed by atoms with Gasteiger partial charge in [-0.3, -0.25) is 9.59 Å². The zero-order valence-electron chi connectivity index (χ0n) is 19.0. The summed E-state index contributed by atoms with van der Waals surface area (Å²) in [7, 11) is 0. The van der Waals surface area contributed by atoms with Gasteiger partial charge in [-0.15, -0.1) is 0 Å². The van der Waals surface area contributed by atoms with Crippen molar-refractivity contribution in [2.75, 3.05) is 6.61 Å². The number of hydrogen-bond donors (Lipinski definition) is 1. The molecule has 0 aliphatic carbocycles. The van der Waals surface area contributed by atoms with E-state index < -0.39 is 0 Å². The fourth-order valence-electron chi connectivity index (χ4n) is 3.64. The zero-order valence-corrected chi connectivity index (χ0v) is 19.0. The number of unbranched alkanes of at least 4 members (excludes halogenated alkanes) is 15. The van der Waals surface area contributed by atoms with Crippen molar-refractivity contribution in [3.8, 4) is 0 Å². The first-order valence-electron chi connectivity index (χ1n) is 12.0. The molecule has 0 fully saturated rings. The van der Waals surface area contributed by atoms with E-state index in [1.807, 2.05) is 0 Å². The van der Waals surface area contributed by atoms with Crippen molar-refractivity contribution in [2.45, 2.75) is 136 Å². The fraction of sp³-hybridized carbons (Fsp3) is 0.917. The second-order valence-corrected chi connectivity index (χ2v) is 8.29. The first-order valence-corrected chi connectivity index (χ1v) is 12.0. The molecule has 0 aromatic heterocycles. The van der Waals surface area contributed by atoms with E-state index in [0.29, 0.717) is 0 Å². The van der Waals surface area contributed by atoms with Crippen LogP contribution >= 0.6 is 0 Å². The molecule has 0 aliphatic rings. The van der Waals surface area contributed by atoms with Gasteiger partial charge in [-0.25, -0.2) is 0 Å². The molecule has 4 heteroatoms. The third kappa shape index (κ3) is 21.2. The molecule has 1 amide bonds. The third-order valence-corrected chi connectivity index (χ3v) is 5.30. The first-order chi connectivity index (χ1) is 13.6. The Morgan fingerprint density at radius 1 is 0.679 bits per heavy atom. The summed E-state index contributed by atoms with van der Waals surface area (Å²) >= 11 is 0. The quantitative estimate of drug-likeness (QED) is 0.183. The molecule has 0 aromatic carbocycles. The van der Waals surface area contributed by atoms with Gasteiger partial charge in [-0.2, -0.15) is 0 Å². The van der Waals surface area contributed by atoms with Crippen LogP contribution in [0.3, 0.4) is 0 Å². The molecule has 0 saturated carbocycles. The minimum atomic E-state index is -0.290. The van der Waals surface area contributed by atoms with Crippen LogP contribution in [-0.4, -0.2) is 24.5 Å². The van der Waals surface area contributed by atoms with Crippen molar-refractivity contribution in [1.82, 2.24) is 5.32 Å². The number of ether oxygens (including phenoxy) is 1. The molecule has 0 heterocycles. The number of amides is 1. The largest absolute Gasteiger partial charge is 0.464 e. The van der Waals surface area contributed by atoms with Gasteiger partial charge in [0.05, 0.1) is 6.04 Å². The van der Waals surface area contributed by atoms with E-state index in [1.54, 1.807) is 0 Å². The highest BCUT2D eigenvalue weighted by atomic mass is 16.5. The predicted molar refractivity (Wildman–Crippen MR) is 118 cm³/mol. The minimum Gasteiger partial charge on any atom is -0.464 e. The molecule has 0 rings (SSSR count). The average molecular weight is 398 g/mol. The summed E-state index contributed by atoms with van der Waals surface area (Å²) in [6.07, 6.45) is 22.6. The molecule has 166 valence electrons. The van der Waals surface area contributed by atoms with Crippen molar-refractivity contribution in [3.63, 3.8) is 0 Å². The molecule has 4 nitrogen and oxygen atoms in total. The molecule has 0 bridgehead atoms. The van der Waals surface area contributed by atoms with Gasteiger partial charge in [0.1, 0.15) is 6.61 Å². The average Bonchev–Trinajstić information content (AvgIpc) is 2.65. The number of esters is 1. The molecule has 28 heavy (non-hydrogen) atoms. The number of hydrogen-bond acceptors (Lipinski definition) is 3. The highest BCUT2D eigenvalue weighted by molar-refractivity contribution is 5.73. The summed E-state index contributed by atoms with van der Waals surface area (Å²) in [6.45, 7) is 5.47. The Morgan fingerprint density at radius 3 is 1.43 bits per heavy atom. The minimum absolute atomic E-state index is 0.0481. The van der Waals surface area contributed by atoms with Gasteiger partial charge in [-0.1, -0.05) is 110 Å². The number of carbonyl (C=O) groups excluding carboxylic acids is 2. The van der Waals surface area contributed by atoms with Crippen molar-refractivity contribution >= 4 is 11.9 Å². The van der Waals surface area contributed by atoms with Crippen LogP contribution in [0.25, 0.3) is 0 Å². The maximum Gasteiger partial charge on any atom is 0.302 e. The van der Waals surface area contributed by atoms with Crippen molar-refractivity contribution in [1.29, 1.82) is 0 Å². The van der Waals surface area contributed by atoms with Crippen LogP contribution in [0, 0.1) is 0 Å². The molecule has 0 unspecified atom stereocenters. The molecule has 0 saturated heterocycles. The Balaban J connectivity index is 3.37. The lowest BCUT2D eigenvalue weighted by atomic mass is 10.0. The van der Waals surface area contributed by atoms with Gasteiger partial charge in [0.25, 0.3) is 0 Å². The molecule has 0 aliphatic heterocycles. The van der Waals surface area contributed by atoms with Crippen molar-refractivity contribution in [3.05, 3.63) is 0 Å². The predicted octanol–water partition coefficient (Wildman–Crippen LogP) is 6.71.